The normalized spacial score (nSPS) is 10.4. The van der Waals surface area contributed by atoms with Crippen LogP contribution in [0.3, 0.4) is 0 Å². The van der Waals surface area contributed by atoms with Gasteiger partial charge in [-0.05, 0) is 44.0 Å². The lowest BCUT2D eigenvalue weighted by Crippen LogP contribution is -2.07. The first-order valence-corrected chi connectivity index (χ1v) is 7.57. The standard InChI is InChI=1S/C16H16O4P.Mg/c1-11-9-12(2)15(13(3)10-11)16(17)20-21(18)19-14-7-5-4-6-8-14;/h4-10H,1-3H3;/q+1;. The molecule has 0 heterocycles. The van der Waals surface area contributed by atoms with Crippen molar-refractivity contribution in [1.82, 2.24) is 0 Å². The predicted molar refractivity (Wildman–Crippen MR) is 86.5 cm³/mol. The summed E-state index contributed by atoms with van der Waals surface area (Å²) in [6.07, 6.45) is 0. The van der Waals surface area contributed by atoms with Crippen molar-refractivity contribution < 1.29 is 18.4 Å². The van der Waals surface area contributed by atoms with Gasteiger partial charge in [-0.1, -0.05) is 35.9 Å². The molecule has 1 atom stereocenters. The summed E-state index contributed by atoms with van der Waals surface area (Å²) < 4.78 is 21.7. The fourth-order valence-corrected chi connectivity index (χ4v) is 2.76. The number of para-hydroxylation sites is 1. The SMILES string of the molecule is Cc1cc(C)c(C(=O)O[P+](=O)Oc2ccccc2)c(C)c1.[Mg]. The third-order valence-corrected chi connectivity index (χ3v) is 3.64. The molecule has 2 radical (unpaired) electrons. The molecule has 0 N–H and O–H groups in total. The zero-order chi connectivity index (χ0) is 15.4. The highest BCUT2D eigenvalue weighted by Gasteiger charge is 2.30. The van der Waals surface area contributed by atoms with Crippen molar-refractivity contribution in [2.75, 3.05) is 0 Å². The number of aryl methyl sites for hydroxylation is 3. The second kappa shape index (κ2) is 8.27. The Morgan fingerprint density at radius 2 is 1.55 bits per heavy atom. The average Bonchev–Trinajstić information content (AvgIpc) is 2.38. The van der Waals surface area contributed by atoms with E-state index in [0.29, 0.717) is 11.3 Å². The molecule has 0 aliphatic heterocycles. The predicted octanol–water partition coefficient (Wildman–Crippen LogP) is 4.12. The van der Waals surface area contributed by atoms with Gasteiger partial charge in [-0.15, -0.1) is 0 Å². The summed E-state index contributed by atoms with van der Waals surface area (Å²) in [7, 11) is -2.55. The van der Waals surface area contributed by atoms with Crippen molar-refractivity contribution in [3.63, 3.8) is 0 Å². The van der Waals surface area contributed by atoms with Crippen molar-refractivity contribution in [3.8, 4) is 5.75 Å². The molecule has 110 valence electrons. The topological polar surface area (TPSA) is 52.6 Å². The first-order chi connectivity index (χ1) is 9.97. The van der Waals surface area contributed by atoms with Gasteiger partial charge in [-0.25, -0.2) is 9.32 Å². The quantitative estimate of drug-likeness (QED) is 0.626. The minimum absolute atomic E-state index is 0. The van der Waals surface area contributed by atoms with Gasteiger partial charge in [0.25, 0.3) is 0 Å². The summed E-state index contributed by atoms with van der Waals surface area (Å²) >= 11 is 0. The number of hydrogen-bond donors (Lipinski definition) is 0. The molecule has 0 aliphatic rings. The number of rotatable bonds is 4. The highest BCUT2D eigenvalue weighted by Crippen LogP contribution is 2.30. The van der Waals surface area contributed by atoms with Crippen molar-refractivity contribution in [3.05, 3.63) is 64.7 Å². The van der Waals surface area contributed by atoms with Gasteiger partial charge in [0, 0.05) is 27.6 Å². The largest absolute Gasteiger partial charge is 0.808 e. The van der Waals surface area contributed by atoms with E-state index in [1.807, 2.05) is 39.0 Å². The Bertz CT molecular complexity index is 663. The maximum Gasteiger partial charge on any atom is 0.808 e. The Balaban J connectivity index is 0.00000242. The number of carbonyl (C=O) groups is 1. The van der Waals surface area contributed by atoms with E-state index >= 15 is 0 Å². The monoisotopic (exact) mass is 327 g/mol. The van der Waals surface area contributed by atoms with Gasteiger partial charge < -0.3 is 0 Å². The van der Waals surface area contributed by atoms with Crippen LogP contribution in [0.4, 0.5) is 0 Å². The molecular weight excluding hydrogens is 311 g/mol. The zero-order valence-electron chi connectivity index (χ0n) is 12.8. The van der Waals surface area contributed by atoms with E-state index in [1.165, 1.54) is 0 Å². The average molecular weight is 328 g/mol. The molecule has 0 fully saturated rings. The van der Waals surface area contributed by atoms with Gasteiger partial charge in [0.2, 0.25) is 0 Å². The molecule has 22 heavy (non-hydrogen) atoms. The summed E-state index contributed by atoms with van der Waals surface area (Å²) in [5.74, 6) is -0.245. The van der Waals surface area contributed by atoms with Crippen LogP contribution >= 0.6 is 8.25 Å². The van der Waals surface area contributed by atoms with Gasteiger partial charge in [0.15, 0.2) is 5.75 Å². The minimum Gasteiger partial charge on any atom is -0.241 e. The summed E-state index contributed by atoms with van der Waals surface area (Å²) in [5.41, 5.74) is 3.08. The molecule has 2 aromatic carbocycles. The van der Waals surface area contributed by atoms with Crippen LogP contribution in [0.1, 0.15) is 27.0 Å². The molecule has 1 unspecified atom stereocenters. The van der Waals surface area contributed by atoms with E-state index in [-0.39, 0.29) is 23.1 Å². The van der Waals surface area contributed by atoms with E-state index < -0.39 is 14.2 Å². The summed E-state index contributed by atoms with van der Waals surface area (Å²) in [6, 6.07) is 12.4. The number of benzene rings is 2. The molecule has 0 bridgehead atoms. The van der Waals surface area contributed by atoms with E-state index in [4.69, 9.17) is 9.05 Å². The molecule has 0 spiro atoms. The van der Waals surface area contributed by atoms with Gasteiger partial charge in [0.05, 0.1) is 5.56 Å². The van der Waals surface area contributed by atoms with Crippen molar-refractivity contribution in [1.29, 1.82) is 0 Å². The van der Waals surface area contributed by atoms with Crippen molar-refractivity contribution >= 4 is 37.3 Å². The molecule has 0 aliphatic carbocycles. The third kappa shape index (κ3) is 4.80. The Labute approximate surface area is 146 Å². The number of carbonyl (C=O) groups excluding carboxylic acids is 1. The van der Waals surface area contributed by atoms with Crippen LogP contribution in [-0.2, 0) is 9.09 Å². The van der Waals surface area contributed by atoms with Gasteiger partial charge in [-0.3, -0.25) is 0 Å². The summed E-state index contributed by atoms with van der Waals surface area (Å²) in [5, 5.41) is 0. The van der Waals surface area contributed by atoms with E-state index in [1.54, 1.807) is 24.3 Å². The van der Waals surface area contributed by atoms with E-state index in [9.17, 15) is 9.36 Å². The lowest BCUT2D eigenvalue weighted by atomic mass is 10.0. The lowest BCUT2D eigenvalue weighted by Gasteiger charge is -2.06. The Hall–Kier alpha value is -1.42. The van der Waals surface area contributed by atoms with E-state index in [0.717, 1.165) is 16.7 Å². The molecule has 2 aromatic rings. The molecule has 2 rings (SSSR count). The molecule has 4 nitrogen and oxygen atoms in total. The molecule has 0 aromatic heterocycles. The van der Waals surface area contributed by atoms with Gasteiger partial charge in [0.1, 0.15) is 0 Å². The Morgan fingerprint density at radius 1 is 1.00 bits per heavy atom. The number of hydrogen-bond acceptors (Lipinski definition) is 4. The summed E-state index contributed by atoms with van der Waals surface area (Å²) in [6.45, 7) is 5.59. The Kier molecular flexibility index (Phi) is 7.00. The van der Waals surface area contributed by atoms with E-state index in [2.05, 4.69) is 0 Å². The minimum atomic E-state index is -2.55. The van der Waals surface area contributed by atoms with Crippen LogP contribution in [0.2, 0.25) is 0 Å². The van der Waals surface area contributed by atoms with Crippen molar-refractivity contribution in [2.24, 2.45) is 0 Å². The first kappa shape index (κ1) is 18.6. The van der Waals surface area contributed by atoms with Crippen LogP contribution in [-0.4, -0.2) is 29.0 Å². The van der Waals surface area contributed by atoms with Crippen LogP contribution in [0.5, 0.6) is 5.75 Å². The first-order valence-electron chi connectivity index (χ1n) is 6.48. The maximum atomic E-state index is 12.1. The van der Waals surface area contributed by atoms with Crippen LogP contribution in [0, 0.1) is 20.8 Å². The van der Waals surface area contributed by atoms with Crippen LogP contribution in [0.25, 0.3) is 0 Å². The second-order valence-electron chi connectivity index (χ2n) is 4.78. The summed E-state index contributed by atoms with van der Waals surface area (Å²) in [4.78, 5) is 12.1. The van der Waals surface area contributed by atoms with Crippen LogP contribution < -0.4 is 4.52 Å². The van der Waals surface area contributed by atoms with Gasteiger partial charge >= 0.3 is 14.2 Å². The maximum absolute atomic E-state index is 12.1. The zero-order valence-corrected chi connectivity index (χ0v) is 15.1. The Morgan fingerprint density at radius 3 is 2.09 bits per heavy atom. The van der Waals surface area contributed by atoms with Crippen LogP contribution in [0.15, 0.2) is 42.5 Å². The third-order valence-electron chi connectivity index (χ3n) is 2.96. The highest BCUT2D eigenvalue weighted by atomic mass is 31.1. The molecular formula is C16H16MgO4P+. The van der Waals surface area contributed by atoms with Crippen molar-refractivity contribution in [2.45, 2.75) is 20.8 Å². The molecule has 0 amide bonds. The fourth-order valence-electron chi connectivity index (χ4n) is 2.20. The molecule has 0 saturated carbocycles. The van der Waals surface area contributed by atoms with Gasteiger partial charge in [-0.2, -0.15) is 4.52 Å². The fraction of sp³-hybridized carbons (Fsp3) is 0.188. The highest BCUT2D eigenvalue weighted by molar-refractivity contribution is 7.34. The molecule has 0 saturated heterocycles. The second-order valence-corrected chi connectivity index (χ2v) is 5.59. The molecule has 6 heteroatoms. The lowest BCUT2D eigenvalue weighted by molar-refractivity contribution is 0.0731. The smallest absolute Gasteiger partial charge is 0.241 e.